The molecule has 1 N–H and O–H groups in total. The largest absolute Gasteiger partial charge is 0.484 e. The van der Waals surface area contributed by atoms with Gasteiger partial charge in [0.1, 0.15) is 11.8 Å². The molecule has 1 atom stereocenters. The predicted molar refractivity (Wildman–Crippen MR) is 134 cm³/mol. The molecule has 0 bridgehead atoms. The zero-order valence-corrected chi connectivity index (χ0v) is 20.7. The number of nitrogens with one attached hydrogen (secondary N) is 1. The van der Waals surface area contributed by atoms with E-state index in [0.29, 0.717) is 23.7 Å². The van der Waals surface area contributed by atoms with E-state index in [0.717, 1.165) is 15.6 Å². The zero-order valence-electron chi connectivity index (χ0n) is 18.3. The van der Waals surface area contributed by atoms with E-state index in [9.17, 15) is 9.59 Å². The summed E-state index contributed by atoms with van der Waals surface area (Å²) in [6.07, 6.45) is 0.399. The van der Waals surface area contributed by atoms with E-state index >= 15 is 0 Å². The van der Waals surface area contributed by atoms with Gasteiger partial charge in [0.25, 0.3) is 5.91 Å². The third kappa shape index (κ3) is 7.62. The molecule has 7 heteroatoms. The first-order chi connectivity index (χ1) is 16.0. The van der Waals surface area contributed by atoms with Crippen LogP contribution in [0.15, 0.2) is 83.3 Å². The monoisotopic (exact) mass is 528 g/mol. The first-order valence-electron chi connectivity index (χ1n) is 10.7. The second-order valence-corrected chi connectivity index (χ2v) is 8.84. The summed E-state index contributed by atoms with van der Waals surface area (Å²) in [6.45, 7) is 2.43. The number of halogens is 2. The normalized spacial score (nSPS) is 11.5. The molecule has 0 aromatic heterocycles. The van der Waals surface area contributed by atoms with Gasteiger partial charge in [0.2, 0.25) is 5.91 Å². The van der Waals surface area contributed by atoms with Crippen LogP contribution < -0.4 is 10.1 Å². The average molecular weight is 530 g/mol. The molecule has 172 valence electrons. The maximum absolute atomic E-state index is 13.4. The van der Waals surface area contributed by atoms with Crippen molar-refractivity contribution in [3.8, 4) is 5.75 Å². The van der Waals surface area contributed by atoms with E-state index in [4.69, 9.17) is 16.3 Å². The SMILES string of the molecule is CCNC(=O)C(Cc1ccccc1)N(Cc1ccc(Br)cc1)C(=O)COc1ccc(Cl)cc1. The fourth-order valence-electron chi connectivity index (χ4n) is 3.39. The van der Waals surface area contributed by atoms with E-state index in [-0.39, 0.29) is 25.0 Å². The van der Waals surface area contributed by atoms with Crippen molar-refractivity contribution in [3.63, 3.8) is 0 Å². The highest BCUT2D eigenvalue weighted by Gasteiger charge is 2.30. The summed E-state index contributed by atoms with van der Waals surface area (Å²) in [5.74, 6) is 0.0623. The summed E-state index contributed by atoms with van der Waals surface area (Å²) in [7, 11) is 0. The van der Waals surface area contributed by atoms with Crippen LogP contribution in [-0.4, -0.2) is 35.9 Å². The first-order valence-corrected chi connectivity index (χ1v) is 11.9. The fourth-order valence-corrected chi connectivity index (χ4v) is 3.78. The molecule has 0 aliphatic carbocycles. The van der Waals surface area contributed by atoms with Gasteiger partial charge in [-0.25, -0.2) is 0 Å². The number of carbonyl (C=O) groups is 2. The Hall–Kier alpha value is -2.83. The number of likely N-dealkylation sites (N-methyl/N-ethyl adjacent to an activating group) is 1. The van der Waals surface area contributed by atoms with Crippen molar-refractivity contribution in [2.24, 2.45) is 0 Å². The zero-order chi connectivity index (χ0) is 23.6. The van der Waals surface area contributed by atoms with Crippen molar-refractivity contribution in [1.82, 2.24) is 10.2 Å². The maximum Gasteiger partial charge on any atom is 0.261 e. The van der Waals surface area contributed by atoms with Crippen LogP contribution in [0.5, 0.6) is 5.75 Å². The van der Waals surface area contributed by atoms with Gasteiger partial charge in [0.15, 0.2) is 6.61 Å². The lowest BCUT2D eigenvalue weighted by Crippen LogP contribution is -2.51. The molecule has 3 aromatic rings. The van der Waals surface area contributed by atoms with Gasteiger partial charge in [-0.2, -0.15) is 0 Å². The average Bonchev–Trinajstić information content (AvgIpc) is 2.82. The number of carbonyl (C=O) groups excluding carboxylic acids is 2. The summed E-state index contributed by atoms with van der Waals surface area (Å²) in [4.78, 5) is 28.1. The minimum absolute atomic E-state index is 0.192. The Morgan fingerprint density at radius 2 is 1.64 bits per heavy atom. The standard InChI is InChI=1S/C26H26BrClN2O3/c1-2-29-26(32)24(16-19-6-4-3-5-7-19)30(17-20-8-10-21(27)11-9-20)25(31)18-33-23-14-12-22(28)13-15-23/h3-15,24H,2,16-18H2,1H3,(H,29,32). The van der Waals surface area contributed by atoms with Gasteiger partial charge in [-0.3, -0.25) is 9.59 Å². The quantitative estimate of drug-likeness (QED) is 0.390. The molecule has 5 nitrogen and oxygen atoms in total. The van der Waals surface area contributed by atoms with E-state index in [2.05, 4.69) is 21.2 Å². The number of hydrogen-bond donors (Lipinski definition) is 1. The molecule has 3 rings (SSSR count). The van der Waals surface area contributed by atoms with Crippen LogP contribution in [0.4, 0.5) is 0 Å². The molecule has 3 aromatic carbocycles. The summed E-state index contributed by atoms with van der Waals surface area (Å²) in [6, 6.07) is 23.5. The molecule has 1 unspecified atom stereocenters. The molecule has 0 radical (unpaired) electrons. The number of nitrogens with zero attached hydrogens (tertiary/aromatic N) is 1. The molecule has 0 aliphatic rings. The van der Waals surface area contributed by atoms with Crippen molar-refractivity contribution < 1.29 is 14.3 Å². The maximum atomic E-state index is 13.4. The second-order valence-electron chi connectivity index (χ2n) is 7.49. The molecule has 0 heterocycles. The van der Waals surface area contributed by atoms with Gasteiger partial charge in [-0.05, 0) is 54.4 Å². The third-order valence-corrected chi connectivity index (χ3v) is 5.84. The summed E-state index contributed by atoms with van der Waals surface area (Å²) >= 11 is 9.37. The molecule has 2 amide bonds. The number of amides is 2. The topological polar surface area (TPSA) is 58.6 Å². The number of rotatable bonds is 10. The summed E-state index contributed by atoms with van der Waals surface area (Å²) in [5, 5.41) is 3.47. The molecule has 0 fully saturated rings. The van der Waals surface area contributed by atoms with Gasteiger partial charge in [-0.1, -0.05) is 70.0 Å². The highest BCUT2D eigenvalue weighted by atomic mass is 79.9. The van der Waals surface area contributed by atoms with Crippen molar-refractivity contribution in [1.29, 1.82) is 0 Å². The highest BCUT2D eigenvalue weighted by Crippen LogP contribution is 2.19. The molecule has 0 saturated carbocycles. The van der Waals surface area contributed by atoms with Crippen LogP contribution in [-0.2, 0) is 22.6 Å². The molecular formula is C26H26BrClN2O3. The van der Waals surface area contributed by atoms with Gasteiger partial charge in [-0.15, -0.1) is 0 Å². The minimum Gasteiger partial charge on any atom is -0.484 e. The third-order valence-electron chi connectivity index (χ3n) is 5.06. The van der Waals surface area contributed by atoms with E-state index in [1.165, 1.54) is 0 Å². The van der Waals surface area contributed by atoms with Crippen LogP contribution in [0.3, 0.4) is 0 Å². The highest BCUT2D eigenvalue weighted by molar-refractivity contribution is 9.10. The Balaban J connectivity index is 1.87. The Labute approximate surface area is 207 Å². The van der Waals surface area contributed by atoms with E-state index in [1.807, 2.05) is 61.5 Å². The molecule has 0 aliphatic heterocycles. The molecule has 0 spiro atoms. The van der Waals surface area contributed by atoms with Crippen LogP contribution in [0.1, 0.15) is 18.1 Å². The van der Waals surface area contributed by atoms with Gasteiger partial charge < -0.3 is 15.0 Å². The van der Waals surface area contributed by atoms with Crippen LogP contribution in [0.25, 0.3) is 0 Å². The van der Waals surface area contributed by atoms with E-state index in [1.54, 1.807) is 29.2 Å². The lowest BCUT2D eigenvalue weighted by Gasteiger charge is -2.31. The number of benzene rings is 3. The molecular weight excluding hydrogens is 504 g/mol. The first kappa shape index (κ1) is 24.8. The Morgan fingerprint density at radius 3 is 2.27 bits per heavy atom. The smallest absolute Gasteiger partial charge is 0.261 e. The second kappa shape index (κ2) is 12.4. The van der Waals surface area contributed by atoms with Gasteiger partial charge in [0, 0.05) is 29.0 Å². The molecule has 0 saturated heterocycles. The lowest BCUT2D eigenvalue weighted by atomic mass is 10.0. The van der Waals surface area contributed by atoms with E-state index < -0.39 is 6.04 Å². The lowest BCUT2D eigenvalue weighted by molar-refractivity contribution is -0.142. The number of hydrogen-bond acceptors (Lipinski definition) is 3. The van der Waals surface area contributed by atoms with Crippen LogP contribution in [0, 0.1) is 0 Å². The predicted octanol–water partition coefficient (Wildman–Crippen LogP) is 5.26. The summed E-state index contributed by atoms with van der Waals surface area (Å²) in [5.41, 5.74) is 1.89. The van der Waals surface area contributed by atoms with Crippen molar-refractivity contribution in [2.45, 2.75) is 25.9 Å². The van der Waals surface area contributed by atoms with Crippen molar-refractivity contribution in [3.05, 3.63) is 99.5 Å². The van der Waals surface area contributed by atoms with Crippen molar-refractivity contribution in [2.75, 3.05) is 13.2 Å². The Morgan fingerprint density at radius 1 is 0.970 bits per heavy atom. The van der Waals surface area contributed by atoms with Gasteiger partial charge >= 0.3 is 0 Å². The van der Waals surface area contributed by atoms with Crippen LogP contribution in [0.2, 0.25) is 5.02 Å². The number of ether oxygens (including phenoxy) is 1. The van der Waals surface area contributed by atoms with Crippen LogP contribution >= 0.6 is 27.5 Å². The Bertz CT molecular complexity index is 1040. The fraction of sp³-hybridized carbons (Fsp3) is 0.231. The molecule has 33 heavy (non-hydrogen) atoms. The summed E-state index contributed by atoms with van der Waals surface area (Å²) < 4.78 is 6.66. The Kier molecular flexibility index (Phi) is 9.34. The minimum atomic E-state index is -0.683. The van der Waals surface area contributed by atoms with Gasteiger partial charge in [0.05, 0.1) is 0 Å². The van der Waals surface area contributed by atoms with Crippen molar-refractivity contribution >= 4 is 39.3 Å².